The number of rotatable bonds is 7. The Bertz CT molecular complexity index is 1830. The number of aryl methyl sites for hydroxylation is 1. The fourth-order valence-electron chi connectivity index (χ4n) is 6.74. The zero-order valence-electron chi connectivity index (χ0n) is 23.7. The minimum absolute atomic E-state index is 0.132. The minimum Gasteiger partial charge on any atom is -0.497 e. The molecule has 1 aromatic heterocycles. The number of fused-ring (bicyclic) bond motifs is 6. The lowest BCUT2D eigenvalue weighted by Gasteiger charge is -2.18. The fourth-order valence-corrected chi connectivity index (χ4v) is 6.74. The smallest absolute Gasteiger partial charge is 0.339 e. The zero-order chi connectivity index (χ0) is 29.8. The van der Waals surface area contributed by atoms with E-state index in [-0.39, 0.29) is 46.8 Å². The molecule has 0 spiro atoms. The maximum absolute atomic E-state index is 13.4. The van der Waals surface area contributed by atoms with Crippen LogP contribution in [0.2, 0.25) is 0 Å². The number of carbonyl (C=O) groups excluding carboxylic acids is 4. The van der Waals surface area contributed by atoms with E-state index in [1.165, 1.54) is 12.0 Å². The molecule has 2 bridgehead atoms. The Labute approximate surface area is 247 Å². The first-order valence-electron chi connectivity index (χ1n) is 14.3. The maximum Gasteiger partial charge on any atom is 0.339 e. The number of hydrogen-bond acceptors (Lipinski definition) is 7. The van der Waals surface area contributed by atoms with Gasteiger partial charge in [0.15, 0.2) is 12.4 Å². The molecule has 2 fully saturated rings. The quantitative estimate of drug-likeness (QED) is 0.123. The summed E-state index contributed by atoms with van der Waals surface area (Å²) in [6, 6.07) is 21.0. The van der Waals surface area contributed by atoms with Crippen LogP contribution in [0.1, 0.15) is 32.7 Å². The molecule has 8 nitrogen and oxygen atoms in total. The Balaban J connectivity index is 1.16. The molecule has 1 saturated carbocycles. The number of para-hydroxylation sites is 1. The second kappa shape index (κ2) is 10.3. The summed E-state index contributed by atoms with van der Waals surface area (Å²) in [5.41, 5.74) is 3.93. The molecule has 4 atom stereocenters. The third kappa shape index (κ3) is 4.41. The average molecular weight is 573 g/mol. The van der Waals surface area contributed by atoms with Gasteiger partial charge < -0.3 is 9.47 Å². The first-order chi connectivity index (χ1) is 20.8. The second-order valence-corrected chi connectivity index (χ2v) is 11.3. The monoisotopic (exact) mass is 572 g/mol. The van der Waals surface area contributed by atoms with Gasteiger partial charge in [0.05, 0.1) is 41.4 Å². The van der Waals surface area contributed by atoms with Gasteiger partial charge in [0.25, 0.3) is 0 Å². The van der Waals surface area contributed by atoms with Gasteiger partial charge in [-0.25, -0.2) is 9.78 Å². The molecule has 214 valence electrons. The molecule has 2 aliphatic carbocycles. The van der Waals surface area contributed by atoms with E-state index >= 15 is 0 Å². The summed E-state index contributed by atoms with van der Waals surface area (Å²) in [6.45, 7) is 1.48. The number of Topliss-reactive ketones (excluding diaryl/α,β-unsaturated/α-hetero) is 1. The van der Waals surface area contributed by atoms with Crippen LogP contribution in [-0.4, -0.2) is 42.3 Å². The van der Waals surface area contributed by atoms with Gasteiger partial charge in [-0.05, 0) is 61.1 Å². The SMILES string of the molecule is COc1cccc(C(=O)COC(=O)c2cc(-c3ccc(N4C(=O)C5C6C=CC(C6)C5C4=O)cc3)nc3c(C)cccc23)c1. The molecule has 4 unspecified atom stereocenters. The van der Waals surface area contributed by atoms with Crippen LogP contribution >= 0.6 is 0 Å². The molecule has 0 N–H and O–H groups in total. The lowest BCUT2D eigenvalue weighted by molar-refractivity contribution is -0.123. The maximum atomic E-state index is 13.4. The van der Waals surface area contributed by atoms with Gasteiger partial charge >= 0.3 is 5.97 Å². The van der Waals surface area contributed by atoms with Crippen molar-refractivity contribution < 1.29 is 28.7 Å². The largest absolute Gasteiger partial charge is 0.497 e. The van der Waals surface area contributed by atoms with Crippen LogP contribution in [0.3, 0.4) is 0 Å². The number of carbonyl (C=O) groups is 4. The molecule has 2 amide bonds. The van der Waals surface area contributed by atoms with E-state index in [4.69, 9.17) is 14.5 Å². The molecule has 7 rings (SSSR count). The summed E-state index contributed by atoms with van der Waals surface area (Å²) in [7, 11) is 1.52. The number of methoxy groups -OCH3 is 1. The van der Waals surface area contributed by atoms with Crippen LogP contribution < -0.4 is 9.64 Å². The lowest BCUT2D eigenvalue weighted by atomic mass is 9.85. The number of ether oxygens (including phenoxy) is 2. The normalized spacial score (nSPS) is 21.9. The average Bonchev–Trinajstić information content (AvgIpc) is 3.73. The number of allylic oxidation sites excluding steroid dienone is 2. The Kier molecular flexibility index (Phi) is 6.42. The summed E-state index contributed by atoms with van der Waals surface area (Å²) in [5.74, 6) is -0.969. The number of benzene rings is 3. The van der Waals surface area contributed by atoms with Crippen molar-refractivity contribution >= 4 is 40.2 Å². The van der Waals surface area contributed by atoms with Gasteiger partial charge in [0.2, 0.25) is 11.8 Å². The molecule has 43 heavy (non-hydrogen) atoms. The van der Waals surface area contributed by atoms with Crippen molar-refractivity contribution in [1.82, 2.24) is 4.98 Å². The van der Waals surface area contributed by atoms with E-state index in [1.807, 2.05) is 19.1 Å². The zero-order valence-corrected chi connectivity index (χ0v) is 23.7. The fraction of sp³-hybridized carbons (Fsp3) is 0.229. The van der Waals surface area contributed by atoms with Crippen LogP contribution in [0.15, 0.2) is 84.9 Å². The Morgan fingerprint density at radius 2 is 1.60 bits per heavy atom. The predicted molar refractivity (Wildman–Crippen MR) is 160 cm³/mol. The second-order valence-electron chi connectivity index (χ2n) is 11.3. The number of aromatic nitrogens is 1. The van der Waals surface area contributed by atoms with Crippen molar-refractivity contribution in [3.63, 3.8) is 0 Å². The van der Waals surface area contributed by atoms with Crippen molar-refractivity contribution in [2.45, 2.75) is 13.3 Å². The van der Waals surface area contributed by atoms with Crippen LogP contribution in [-0.2, 0) is 14.3 Å². The minimum atomic E-state index is -0.643. The van der Waals surface area contributed by atoms with Crippen LogP contribution in [0.5, 0.6) is 5.75 Å². The van der Waals surface area contributed by atoms with Gasteiger partial charge in [0, 0.05) is 16.5 Å². The van der Waals surface area contributed by atoms with Gasteiger partial charge in [-0.3, -0.25) is 19.3 Å². The Morgan fingerprint density at radius 3 is 2.30 bits per heavy atom. The van der Waals surface area contributed by atoms with E-state index < -0.39 is 12.6 Å². The number of imide groups is 1. The summed E-state index contributed by atoms with van der Waals surface area (Å²) >= 11 is 0. The van der Waals surface area contributed by atoms with E-state index in [1.54, 1.807) is 60.7 Å². The van der Waals surface area contributed by atoms with E-state index in [0.717, 1.165) is 12.0 Å². The van der Waals surface area contributed by atoms with Gasteiger partial charge in [0.1, 0.15) is 5.75 Å². The highest BCUT2D eigenvalue weighted by molar-refractivity contribution is 6.23. The first kappa shape index (κ1) is 26.8. The summed E-state index contributed by atoms with van der Waals surface area (Å²) in [5, 5.41) is 0.613. The number of nitrogens with zero attached hydrogens (tertiary/aromatic N) is 2. The van der Waals surface area contributed by atoms with Crippen molar-refractivity contribution in [3.8, 4) is 17.0 Å². The standard InChI is InChI=1S/C35H28N2O6/c1-19-5-3-8-26-27(35(41)43-18-29(38)21-6-4-7-25(16-21)42-2)17-28(36-32(19)26)20-11-13-24(14-12-20)37-33(39)30-22-9-10-23(15-22)31(30)34(37)40/h3-14,16-17,22-23,30-31H,15,18H2,1-2H3. The van der Waals surface area contributed by atoms with E-state index in [9.17, 15) is 19.2 Å². The molecule has 1 saturated heterocycles. The topological polar surface area (TPSA) is 103 Å². The summed E-state index contributed by atoms with van der Waals surface area (Å²) < 4.78 is 10.7. The van der Waals surface area contributed by atoms with Crippen molar-refractivity contribution in [2.75, 3.05) is 18.6 Å². The van der Waals surface area contributed by atoms with Gasteiger partial charge in [-0.1, -0.05) is 54.6 Å². The predicted octanol–water partition coefficient (Wildman–Crippen LogP) is 5.57. The Morgan fingerprint density at radius 1 is 0.907 bits per heavy atom. The highest BCUT2D eigenvalue weighted by atomic mass is 16.5. The molecule has 3 aliphatic rings. The number of amides is 2. The molecular formula is C35H28N2O6. The van der Waals surface area contributed by atoms with Gasteiger partial charge in [-0.15, -0.1) is 0 Å². The molecule has 2 heterocycles. The number of hydrogen-bond donors (Lipinski definition) is 0. The molecule has 4 aromatic rings. The number of esters is 1. The number of anilines is 1. The number of ketones is 1. The molecule has 1 aliphatic heterocycles. The number of pyridine rings is 1. The van der Waals surface area contributed by atoms with Crippen molar-refractivity contribution in [2.24, 2.45) is 23.7 Å². The molecule has 8 heteroatoms. The molecular weight excluding hydrogens is 544 g/mol. The molecule has 3 aromatic carbocycles. The lowest BCUT2D eigenvalue weighted by Crippen LogP contribution is -2.32. The van der Waals surface area contributed by atoms with E-state index in [2.05, 4.69) is 12.2 Å². The third-order valence-electron chi connectivity index (χ3n) is 8.88. The summed E-state index contributed by atoms with van der Waals surface area (Å²) in [6.07, 6.45) is 5.04. The van der Waals surface area contributed by atoms with Crippen LogP contribution in [0.4, 0.5) is 5.69 Å². The summed E-state index contributed by atoms with van der Waals surface area (Å²) in [4.78, 5) is 58.8. The van der Waals surface area contributed by atoms with E-state index in [0.29, 0.717) is 39.2 Å². The van der Waals surface area contributed by atoms with Crippen molar-refractivity contribution in [3.05, 3.63) is 102 Å². The Hall–Kier alpha value is -5.11. The van der Waals surface area contributed by atoms with Crippen molar-refractivity contribution in [1.29, 1.82) is 0 Å². The third-order valence-corrected chi connectivity index (χ3v) is 8.88. The van der Waals surface area contributed by atoms with Crippen LogP contribution in [0.25, 0.3) is 22.2 Å². The first-order valence-corrected chi connectivity index (χ1v) is 14.3. The van der Waals surface area contributed by atoms with Gasteiger partial charge in [-0.2, -0.15) is 0 Å². The van der Waals surface area contributed by atoms with Crippen LogP contribution in [0, 0.1) is 30.6 Å². The molecule has 0 radical (unpaired) electrons. The highest BCUT2D eigenvalue weighted by Crippen LogP contribution is 2.53. The highest BCUT2D eigenvalue weighted by Gasteiger charge is 2.59.